The van der Waals surface area contributed by atoms with Gasteiger partial charge in [0.05, 0.1) is 47.4 Å². The number of amides is 2. The summed E-state index contributed by atoms with van der Waals surface area (Å²) in [5, 5.41) is 10.5. The lowest BCUT2D eigenvalue weighted by Gasteiger charge is -2.42. The van der Waals surface area contributed by atoms with E-state index in [2.05, 4.69) is 15.9 Å². The lowest BCUT2D eigenvalue weighted by molar-refractivity contribution is -0.143. The molecule has 4 aliphatic rings. The third kappa shape index (κ3) is 5.15. The number of carbonyl (C=O) groups is 4. The summed E-state index contributed by atoms with van der Waals surface area (Å²) in [6, 6.07) is 3.38. The number of anilines is 1. The van der Waals surface area contributed by atoms with Gasteiger partial charge in [0, 0.05) is 23.1 Å². The van der Waals surface area contributed by atoms with E-state index in [4.69, 9.17) is 9.47 Å². The molecule has 2 amide bonds. The van der Waals surface area contributed by atoms with Crippen LogP contribution in [-0.2, 0) is 31.5 Å². The van der Waals surface area contributed by atoms with Crippen molar-refractivity contribution in [2.45, 2.75) is 31.1 Å². The number of hydrogen-bond donors (Lipinski definition) is 1. The van der Waals surface area contributed by atoms with Crippen molar-refractivity contribution in [2.24, 2.45) is 17.8 Å². The summed E-state index contributed by atoms with van der Waals surface area (Å²) >= 11 is 3.09. The first-order chi connectivity index (χ1) is 22.0. The van der Waals surface area contributed by atoms with Gasteiger partial charge < -0.3 is 14.6 Å². The highest BCUT2D eigenvalue weighted by molar-refractivity contribution is 9.12. The Hall–Kier alpha value is -4.40. The third-order valence-electron chi connectivity index (χ3n) is 9.00. The fourth-order valence-corrected chi connectivity index (χ4v) is 7.44. The molecule has 2 aromatic carbocycles. The molecule has 6 rings (SSSR count). The number of imide groups is 1. The van der Waals surface area contributed by atoms with E-state index in [0.717, 1.165) is 6.08 Å². The fourth-order valence-electron chi connectivity index (χ4n) is 6.99. The average molecular weight is 726 g/mol. The van der Waals surface area contributed by atoms with Gasteiger partial charge in [0.25, 0.3) is 0 Å². The molecule has 0 saturated carbocycles. The van der Waals surface area contributed by atoms with E-state index in [1.54, 1.807) is 6.08 Å². The number of nitrogens with zero attached hydrogens (tertiary/aromatic N) is 1. The summed E-state index contributed by atoms with van der Waals surface area (Å²) in [6.45, 7) is 0. The minimum Gasteiger partial charge on any atom is -0.502 e. The second kappa shape index (κ2) is 11.1. The molecule has 1 heterocycles. The van der Waals surface area contributed by atoms with E-state index in [1.165, 1.54) is 26.4 Å². The number of allylic oxidation sites excluding steroid dienone is 6. The van der Waals surface area contributed by atoms with E-state index in [-0.39, 0.29) is 51.8 Å². The second-order valence-corrected chi connectivity index (χ2v) is 12.3. The second-order valence-electron chi connectivity index (χ2n) is 11.4. The van der Waals surface area contributed by atoms with Crippen LogP contribution >= 0.6 is 15.9 Å². The Morgan fingerprint density at radius 2 is 1.43 bits per heavy atom. The van der Waals surface area contributed by atoms with Gasteiger partial charge >= 0.3 is 12.4 Å². The monoisotopic (exact) mass is 725 g/mol. The summed E-state index contributed by atoms with van der Waals surface area (Å²) in [4.78, 5) is 54.9. The van der Waals surface area contributed by atoms with Crippen molar-refractivity contribution in [1.29, 1.82) is 0 Å². The molecule has 1 aliphatic heterocycles. The molecule has 15 heteroatoms. The van der Waals surface area contributed by atoms with Gasteiger partial charge in [0.1, 0.15) is 0 Å². The van der Waals surface area contributed by atoms with Crippen LogP contribution < -0.4 is 14.4 Å². The highest BCUT2D eigenvalue weighted by Gasteiger charge is 2.57. The van der Waals surface area contributed by atoms with Gasteiger partial charge in [-0.1, -0.05) is 11.6 Å². The van der Waals surface area contributed by atoms with E-state index in [1.807, 2.05) is 0 Å². The highest BCUT2D eigenvalue weighted by atomic mass is 79.9. The van der Waals surface area contributed by atoms with Gasteiger partial charge in [-0.25, -0.2) is 4.90 Å². The van der Waals surface area contributed by atoms with Gasteiger partial charge in [-0.3, -0.25) is 19.2 Å². The average Bonchev–Trinajstić information content (AvgIpc) is 3.27. The van der Waals surface area contributed by atoms with E-state index < -0.39 is 76.2 Å². The largest absolute Gasteiger partial charge is 0.502 e. The first kappa shape index (κ1) is 32.5. The number of Topliss-reactive ketones (excluding diaryl/α,β-unsaturated/α-hetero) is 1. The summed E-state index contributed by atoms with van der Waals surface area (Å²) < 4.78 is 92.5. The minimum absolute atomic E-state index is 0.0281. The molecule has 0 aromatic heterocycles. The van der Waals surface area contributed by atoms with Crippen LogP contribution in [0.4, 0.5) is 32.0 Å². The normalized spacial score (nSPS) is 24.5. The third-order valence-corrected chi connectivity index (χ3v) is 9.59. The predicted molar refractivity (Wildman–Crippen MR) is 155 cm³/mol. The zero-order valence-electron chi connectivity index (χ0n) is 24.3. The van der Waals surface area contributed by atoms with Crippen LogP contribution in [-0.4, -0.2) is 42.7 Å². The van der Waals surface area contributed by atoms with E-state index in [0.29, 0.717) is 28.2 Å². The maximum absolute atomic E-state index is 14.0. The van der Waals surface area contributed by atoms with Gasteiger partial charge in [-0.05, 0) is 70.6 Å². The number of alkyl halides is 6. The number of aromatic hydroxyl groups is 1. The van der Waals surface area contributed by atoms with Gasteiger partial charge in [-0.15, -0.1) is 0 Å². The van der Waals surface area contributed by atoms with E-state index in [9.17, 15) is 50.6 Å². The van der Waals surface area contributed by atoms with Gasteiger partial charge in [0.15, 0.2) is 23.1 Å². The van der Waals surface area contributed by atoms with Crippen LogP contribution in [0.1, 0.15) is 35.4 Å². The molecular weight excluding hydrogens is 704 g/mol. The smallest absolute Gasteiger partial charge is 0.416 e. The first-order valence-electron chi connectivity index (χ1n) is 14.0. The van der Waals surface area contributed by atoms with Crippen molar-refractivity contribution < 1.29 is 60.1 Å². The zero-order valence-corrected chi connectivity index (χ0v) is 25.8. The maximum atomic E-state index is 14.0. The molecule has 1 saturated heterocycles. The topological polar surface area (TPSA) is 110 Å². The lowest BCUT2D eigenvalue weighted by atomic mass is 9.59. The standard InChI is InChI=1S/C32H22BrF6NO7/c1-46-22-5-12(6-23(47-2)28(22)43)24-16-3-4-17-25(18(16)10-19-26(24)21(41)11-20(33)27(19)42)30(45)40(29(17)44)15-8-13(31(34,35)36)7-14(9-15)32(37,38)39/h3,5-9,11,17-18,24-25,43H,4,10H2,1-2H3. The van der Waals surface area contributed by atoms with Crippen LogP contribution in [0.2, 0.25) is 0 Å². The number of phenols is 1. The molecule has 0 radical (unpaired) electrons. The number of methoxy groups -OCH3 is 2. The molecule has 0 spiro atoms. The quantitative estimate of drug-likeness (QED) is 0.168. The number of ketones is 2. The zero-order chi connectivity index (χ0) is 34.3. The maximum Gasteiger partial charge on any atom is 0.416 e. The van der Waals surface area contributed by atoms with Crippen molar-refractivity contribution in [3.05, 3.63) is 80.4 Å². The Kier molecular flexibility index (Phi) is 7.68. The number of ether oxygens (including phenoxy) is 2. The lowest BCUT2D eigenvalue weighted by Crippen LogP contribution is -2.39. The van der Waals surface area contributed by atoms with Crippen LogP contribution in [0.25, 0.3) is 0 Å². The summed E-state index contributed by atoms with van der Waals surface area (Å²) in [5.41, 5.74) is -3.39. The Bertz CT molecular complexity index is 1820. The van der Waals surface area contributed by atoms with Crippen molar-refractivity contribution in [3.63, 3.8) is 0 Å². The molecule has 47 heavy (non-hydrogen) atoms. The Morgan fingerprint density at radius 3 is 1.96 bits per heavy atom. The number of halogens is 7. The molecule has 4 unspecified atom stereocenters. The molecule has 8 nitrogen and oxygen atoms in total. The predicted octanol–water partition coefficient (Wildman–Crippen LogP) is 6.41. The summed E-state index contributed by atoms with van der Waals surface area (Å²) in [7, 11) is 2.56. The number of benzene rings is 2. The Morgan fingerprint density at radius 1 is 0.851 bits per heavy atom. The molecule has 4 atom stereocenters. The van der Waals surface area contributed by atoms with Gasteiger partial charge in [-0.2, -0.15) is 26.3 Å². The number of fused-ring (bicyclic) bond motifs is 3. The first-order valence-corrected chi connectivity index (χ1v) is 14.8. The summed E-state index contributed by atoms with van der Waals surface area (Å²) in [5.74, 6) is -7.94. The number of carbonyl (C=O) groups excluding carboxylic acids is 4. The highest BCUT2D eigenvalue weighted by Crippen LogP contribution is 2.57. The van der Waals surface area contributed by atoms with Crippen molar-refractivity contribution in [2.75, 3.05) is 19.1 Å². The molecule has 1 N–H and O–H groups in total. The van der Waals surface area contributed by atoms with Crippen LogP contribution in [0.3, 0.4) is 0 Å². The molecular formula is C32H22BrF6NO7. The molecule has 0 bridgehead atoms. The van der Waals surface area contributed by atoms with Crippen molar-refractivity contribution >= 4 is 45.0 Å². The number of hydrogen-bond acceptors (Lipinski definition) is 7. The number of phenolic OH excluding ortho intramolecular Hbond substituents is 1. The van der Waals surface area contributed by atoms with Crippen molar-refractivity contribution in [3.8, 4) is 17.2 Å². The SMILES string of the molecule is COc1cc(C2C3=CCC4C(=O)N(c5cc(C(F)(F)F)cc(C(F)(F)F)c5)C(=O)C4C3CC3=C2C(=O)C=C(Br)C3=O)cc(OC)c1O. The van der Waals surface area contributed by atoms with Crippen LogP contribution in [0, 0.1) is 17.8 Å². The molecule has 246 valence electrons. The molecule has 1 fully saturated rings. The number of rotatable bonds is 4. The molecule has 2 aromatic rings. The van der Waals surface area contributed by atoms with Crippen molar-refractivity contribution in [1.82, 2.24) is 0 Å². The molecule has 3 aliphatic carbocycles. The summed E-state index contributed by atoms with van der Waals surface area (Å²) in [6.07, 6.45) is -8.06. The fraction of sp³-hybridized carbons (Fsp3) is 0.312. The minimum atomic E-state index is -5.22. The van der Waals surface area contributed by atoms with Gasteiger partial charge in [0.2, 0.25) is 17.6 Å². The van der Waals surface area contributed by atoms with Crippen LogP contribution in [0.5, 0.6) is 17.2 Å². The Balaban J connectivity index is 1.50. The van der Waals surface area contributed by atoms with Crippen LogP contribution in [0.15, 0.2) is 63.7 Å². The Labute approximate surface area is 270 Å². The van der Waals surface area contributed by atoms with E-state index >= 15 is 0 Å².